The minimum atomic E-state index is -0.176. The highest BCUT2D eigenvalue weighted by Crippen LogP contribution is 2.29. The van der Waals surface area contributed by atoms with Gasteiger partial charge >= 0.3 is 0 Å². The Balaban J connectivity index is 1.75. The number of nitrogens with zero attached hydrogens (tertiary/aromatic N) is 1. The molecule has 0 radical (unpaired) electrons. The molecule has 1 aromatic rings. The maximum atomic E-state index is 13.1. The van der Waals surface area contributed by atoms with Crippen LogP contribution in [-0.4, -0.2) is 30.6 Å². The predicted molar refractivity (Wildman–Crippen MR) is 73.9 cm³/mol. The lowest BCUT2D eigenvalue weighted by molar-refractivity contribution is 0.117. The van der Waals surface area contributed by atoms with Crippen LogP contribution in [0.5, 0.6) is 0 Å². The summed E-state index contributed by atoms with van der Waals surface area (Å²) in [6, 6.07) is 5.67. The third kappa shape index (κ3) is 2.46. The van der Waals surface area contributed by atoms with Crippen molar-refractivity contribution in [3.8, 4) is 0 Å². The zero-order valence-corrected chi connectivity index (χ0v) is 11.9. The molecular formula is C14H18BrFN2. The predicted octanol–water partition coefficient (Wildman–Crippen LogP) is 2.77. The largest absolute Gasteiger partial charge is 0.315 e. The Kier molecular flexibility index (Phi) is 3.68. The van der Waals surface area contributed by atoms with E-state index in [4.69, 9.17) is 0 Å². The highest BCUT2D eigenvalue weighted by Gasteiger charge is 2.34. The fraction of sp³-hybridized carbons (Fsp3) is 0.571. The molecule has 0 bridgehead atoms. The molecule has 0 amide bonds. The lowest BCUT2D eigenvalue weighted by Crippen LogP contribution is -2.44. The van der Waals surface area contributed by atoms with Crippen molar-refractivity contribution in [2.24, 2.45) is 5.92 Å². The number of piperidine rings is 1. The second kappa shape index (κ2) is 5.27. The van der Waals surface area contributed by atoms with Crippen LogP contribution >= 0.6 is 15.9 Å². The standard InChI is InChI=1S/C14H18BrFN2/c15-13-6-12(16)4-3-11(13)9-18-5-1-2-10-7-17-8-14(10)18/h3-4,6,10,14,17H,1-2,5,7-9H2. The van der Waals surface area contributed by atoms with Crippen molar-refractivity contribution in [3.63, 3.8) is 0 Å². The Labute approximate surface area is 116 Å². The number of rotatable bonds is 2. The van der Waals surface area contributed by atoms with E-state index in [2.05, 4.69) is 26.1 Å². The van der Waals surface area contributed by atoms with Gasteiger partial charge in [0.2, 0.25) is 0 Å². The van der Waals surface area contributed by atoms with Crippen LogP contribution < -0.4 is 5.32 Å². The molecule has 0 aliphatic carbocycles. The fourth-order valence-electron chi connectivity index (χ4n) is 3.23. The van der Waals surface area contributed by atoms with E-state index in [-0.39, 0.29) is 5.82 Å². The maximum absolute atomic E-state index is 13.1. The number of hydrogen-bond acceptors (Lipinski definition) is 2. The zero-order chi connectivity index (χ0) is 12.5. The van der Waals surface area contributed by atoms with Gasteiger partial charge in [-0.2, -0.15) is 0 Å². The van der Waals surface area contributed by atoms with Crippen LogP contribution in [0.4, 0.5) is 4.39 Å². The number of benzene rings is 1. The average molecular weight is 313 g/mol. The van der Waals surface area contributed by atoms with Crippen molar-refractivity contribution in [3.05, 3.63) is 34.1 Å². The van der Waals surface area contributed by atoms with Crippen LogP contribution in [0.3, 0.4) is 0 Å². The lowest BCUT2D eigenvalue weighted by Gasteiger charge is -2.37. The summed E-state index contributed by atoms with van der Waals surface area (Å²) in [6.45, 7) is 4.34. The summed E-state index contributed by atoms with van der Waals surface area (Å²) in [5.41, 5.74) is 1.18. The van der Waals surface area contributed by atoms with Gasteiger partial charge < -0.3 is 5.32 Å². The number of halogens is 2. The summed E-state index contributed by atoms with van der Waals surface area (Å²) in [5, 5.41) is 3.49. The molecule has 2 saturated heterocycles. The van der Waals surface area contributed by atoms with Crippen LogP contribution in [0, 0.1) is 11.7 Å². The molecule has 3 rings (SSSR count). The van der Waals surface area contributed by atoms with Gasteiger partial charge in [0.25, 0.3) is 0 Å². The molecule has 4 heteroatoms. The first-order chi connectivity index (χ1) is 8.74. The van der Waals surface area contributed by atoms with Gasteiger partial charge in [-0.1, -0.05) is 22.0 Å². The molecule has 2 nitrogen and oxygen atoms in total. The minimum Gasteiger partial charge on any atom is -0.315 e. The van der Waals surface area contributed by atoms with E-state index in [0.717, 1.165) is 36.6 Å². The van der Waals surface area contributed by atoms with Crippen molar-refractivity contribution in [2.75, 3.05) is 19.6 Å². The Bertz CT molecular complexity index is 438. The van der Waals surface area contributed by atoms with Gasteiger partial charge in [0.1, 0.15) is 5.82 Å². The van der Waals surface area contributed by atoms with Gasteiger partial charge in [-0.3, -0.25) is 4.90 Å². The Morgan fingerprint density at radius 2 is 2.28 bits per heavy atom. The summed E-state index contributed by atoms with van der Waals surface area (Å²) < 4.78 is 14.0. The molecule has 1 N–H and O–H groups in total. The Hall–Kier alpha value is -0.450. The number of hydrogen-bond donors (Lipinski definition) is 1. The van der Waals surface area contributed by atoms with E-state index >= 15 is 0 Å². The van der Waals surface area contributed by atoms with Crippen molar-refractivity contribution >= 4 is 15.9 Å². The average Bonchev–Trinajstić information content (AvgIpc) is 2.82. The number of nitrogens with one attached hydrogen (secondary N) is 1. The molecule has 18 heavy (non-hydrogen) atoms. The van der Waals surface area contributed by atoms with E-state index < -0.39 is 0 Å². The fourth-order valence-corrected chi connectivity index (χ4v) is 3.70. The summed E-state index contributed by atoms with van der Waals surface area (Å²) in [6.07, 6.45) is 2.63. The molecule has 2 aliphatic rings. The minimum absolute atomic E-state index is 0.176. The lowest BCUT2D eigenvalue weighted by atomic mass is 9.91. The van der Waals surface area contributed by atoms with E-state index in [9.17, 15) is 4.39 Å². The van der Waals surface area contributed by atoms with Crippen LogP contribution in [0.25, 0.3) is 0 Å². The molecule has 0 spiro atoms. The third-order valence-electron chi connectivity index (χ3n) is 4.18. The van der Waals surface area contributed by atoms with E-state index in [1.807, 2.05) is 6.07 Å². The number of likely N-dealkylation sites (tertiary alicyclic amines) is 1. The third-order valence-corrected chi connectivity index (χ3v) is 4.92. The quantitative estimate of drug-likeness (QED) is 0.903. The van der Waals surface area contributed by atoms with Gasteiger partial charge in [0.05, 0.1) is 0 Å². The van der Waals surface area contributed by atoms with Gasteiger partial charge in [-0.05, 0) is 49.5 Å². The second-order valence-electron chi connectivity index (χ2n) is 5.33. The molecule has 2 atom stereocenters. The maximum Gasteiger partial charge on any atom is 0.124 e. The topological polar surface area (TPSA) is 15.3 Å². The normalized spacial score (nSPS) is 28.3. The second-order valence-corrected chi connectivity index (χ2v) is 6.19. The summed E-state index contributed by atoms with van der Waals surface area (Å²) >= 11 is 3.46. The first-order valence-corrected chi connectivity index (χ1v) is 7.42. The van der Waals surface area contributed by atoms with Crippen molar-refractivity contribution in [1.82, 2.24) is 10.2 Å². The number of fused-ring (bicyclic) bond motifs is 1. The molecule has 1 aromatic carbocycles. The first-order valence-electron chi connectivity index (χ1n) is 6.63. The molecule has 0 aromatic heterocycles. The molecule has 2 heterocycles. The van der Waals surface area contributed by atoms with Crippen molar-refractivity contribution < 1.29 is 4.39 Å². The molecule has 2 fully saturated rings. The van der Waals surface area contributed by atoms with Gasteiger partial charge in [0.15, 0.2) is 0 Å². The Morgan fingerprint density at radius 1 is 1.39 bits per heavy atom. The smallest absolute Gasteiger partial charge is 0.124 e. The SMILES string of the molecule is Fc1ccc(CN2CCCC3CNCC32)c(Br)c1. The first kappa shape index (κ1) is 12.6. The van der Waals surface area contributed by atoms with Gasteiger partial charge in [-0.25, -0.2) is 4.39 Å². The van der Waals surface area contributed by atoms with E-state index in [0.29, 0.717) is 6.04 Å². The molecule has 2 unspecified atom stereocenters. The zero-order valence-electron chi connectivity index (χ0n) is 10.3. The van der Waals surface area contributed by atoms with Crippen LogP contribution in [0.15, 0.2) is 22.7 Å². The highest BCUT2D eigenvalue weighted by atomic mass is 79.9. The molecular weight excluding hydrogens is 295 g/mol. The van der Waals surface area contributed by atoms with Gasteiger partial charge in [0, 0.05) is 23.6 Å². The highest BCUT2D eigenvalue weighted by molar-refractivity contribution is 9.10. The van der Waals surface area contributed by atoms with Crippen molar-refractivity contribution in [2.45, 2.75) is 25.4 Å². The summed E-state index contributed by atoms with van der Waals surface area (Å²) in [4.78, 5) is 2.55. The molecule has 0 saturated carbocycles. The van der Waals surface area contributed by atoms with Crippen LogP contribution in [0.1, 0.15) is 18.4 Å². The van der Waals surface area contributed by atoms with Crippen LogP contribution in [0.2, 0.25) is 0 Å². The van der Waals surface area contributed by atoms with E-state index in [1.165, 1.54) is 18.4 Å². The molecule has 2 aliphatic heterocycles. The van der Waals surface area contributed by atoms with Gasteiger partial charge in [-0.15, -0.1) is 0 Å². The van der Waals surface area contributed by atoms with Crippen molar-refractivity contribution in [1.29, 1.82) is 0 Å². The monoisotopic (exact) mass is 312 g/mol. The Morgan fingerprint density at radius 3 is 3.11 bits per heavy atom. The summed E-state index contributed by atoms with van der Waals surface area (Å²) in [5.74, 6) is 0.627. The van der Waals surface area contributed by atoms with Crippen LogP contribution in [-0.2, 0) is 6.54 Å². The summed E-state index contributed by atoms with van der Waals surface area (Å²) in [7, 11) is 0. The molecule has 98 valence electrons. The van der Waals surface area contributed by atoms with E-state index in [1.54, 1.807) is 12.1 Å².